The average molecular weight is 595 g/mol. The Balaban J connectivity index is 0.00000484. The van der Waals surface area contributed by atoms with Gasteiger partial charge >= 0.3 is 0 Å². The molecule has 4 N–H and O–H groups in total. The number of hydrogen-bond acceptors (Lipinski definition) is 5. The van der Waals surface area contributed by atoms with Crippen LogP contribution in [0.3, 0.4) is 0 Å². The number of halogens is 1. The summed E-state index contributed by atoms with van der Waals surface area (Å²) < 4.78 is 0. The van der Waals surface area contributed by atoms with Crippen LogP contribution < -0.4 is 16.0 Å². The molecule has 1 fully saturated rings. The van der Waals surface area contributed by atoms with Gasteiger partial charge in [-0.3, -0.25) is 14.4 Å². The number of nitrogens with one attached hydrogen (secondary N) is 3. The third-order valence-corrected chi connectivity index (χ3v) is 7.41. The summed E-state index contributed by atoms with van der Waals surface area (Å²) in [5, 5.41) is 21.1. The number of phenols is 1. The van der Waals surface area contributed by atoms with Gasteiger partial charge in [0.2, 0.25) is 17.7 Å². The lowest BCUT2D eigenvalue weighted by atomic mass is 9.94. The van der Waals surface area contributed by atoms with E-state index in [1.54, 1.807) is 23.1 Å². The largest absolute Gasteiger partial charge is 0.508 e. The van der Waals surface area contributed by atoms with Crippen LogP contribution in [0.15, 0.2) is 66.7 Å². The lowest BCUT2D eigenvalue weighted by Crippen LogP contribution is -2.55. The third kappa shape index (κ3) is 8.94. The van der Waals surface area contributed by atoms with Crippen molar-refractivity contribution >= 4 is 40.9 Å². The maximum Gasteiger partial charge on any atom is 0.243 e. The molecule has 42 heavy (non-hydrogen) atoms. The molecule has 0 saturated carbocycles. The van der Waals surface area contributed by atoms with Crippen LogP contribution in [0.2, 0.25) is 0 Å². The van der Waals surface area contributed by atoms with Gasteiger partial charge in [0.25, 0.3) is 0 Å². The molecule has 1 heterocycles. The summed E-state index contributed by atoms with van der Waals surface area (Å²) in [6.45, 7) is 7.88. The van der Waals surface area contributed by atoms with Gasteiger partial charge in [0.1, 0.15) is 17.8 Å². The monoisotopic (exact) mass is 594 g/mol. The summed E-state index contributed by atoms with van der Waals surface area (Å²) in [4.78, 5) is 41.5. The summed E-state index contributed by atoms with van der Waals surface area (Å²) in [5.74, 6) is -0.344. The highest BCUT2D eigenvalue weighted by Crippen LogP contribution is 2.26. The maximum absolute atomic E-state index is 13.5. The number of carbonyl (C=O) groups is 3. The molecule has 2 atom stereocenters. The molecule has 9 heteroatoms. The molecule has 3 aromatic carbocycles. The third-order valence-electron chi connectivity index (χ3n) is 7.41. The van der Waals surface area contributed by atoms with Crippen molar-refractivity contribution in [2.45, 2.75) is 65.1 Å². The zero-order chi connectivity index (χ0) is 29.4. The number of rotatable bonds is 11. The normalized spacial score (nSPS) is 15.6. The zero-order valence-electron chi connectivity index (χ0n) is 24.7. The first kappa shape index (κ1) is 32.9. The predicted molar refractivity (Wildman–Crippen MR) is 168 cm³/mol. The summed E-state index contributed by atoms with van der Waals surface area (Å²) in [5.41, 5.74) is 1.35. The second-order valence-electron chi connectivity index (χ2n) is 11.8. The lowest BCUT2D eigenvalue weighted by molar-refractivity contribution is -0.145. The van der Waals surface area contributed by atoms with Crippen molar-refractivity contribution in [2.24, 2.45) is 5.41 Å². The van der Waals surface area contributed by atoms with Crippen molar-refractivity contribution in [1.29, 1.82) is 0 Å². The van der Waals surface area contributed by atoms with E-state index in [2.05, 4.69) is 22.0 Å². The van der Waals surface area contributed by atoms with E-state index in [0.717, 1.165) is 28.3 Å². The molecule has 1 aliphatic rings. The van der Waals surface area contributed by atoms with E-state index in [1.165, 1.54) is 0 Å². The highest BCUT2D eigenvalue weighted by atomic mass is 35.5. The van der Waals surface area contributed by atoms with Crippen molar-refractivity contribution in [1.82, 2.24) is 20.9 Å². The quantitative estimate of drug-likeness (QED) is 0.247. The first-order chi connectivity index (χ1) is 19.6. The second kappa shape index (κ2) is 15.0. The topological polar surface area (TPSA) is 111 Å². The molecule has 1 saturated heterocycles. The minimum absolute atomic E-state index is 0. The molecule has 4 rings (SSSR count). The maximum atomic E-state index is 13.5. The number of phenolic OH excluding ortho intramolecular Hbond substituents is 1. The Bertz CT molecular complexity index is 1370. The van der Waals surface area contributed by atoms with Crippen LogP contribution in [-0.4, -0.2) is 59.4 Å². The lowest BCUT2D eigenvalue weighted by Gasteiger charge is -2.31. The van der Waals surface area contributed by atoms with Crippen LogP contribution in [-0.2, 0) is 27.3 Å². The van der Waals surface area contributed by atoms with Crippen LogP contribution in [0.25, 0.3) is 10.8 Å². The second-order valence-corrected chi connectivity index (χ2v) is 11.8. The summed E-state index contributed by atoms with van der Waals surface area (Å²) in [6, 6.07) is 19.9. The summed E-state index contributed by atoms with van der Waals surface area (Å²) >= 11 is 0. The first-order valence-corrected chi connectivity index (χ1v) is 14.5. The number of likely N-dealkylation sites (tertiary alicyclic amines) is 1. The minimum atomic E-state index is -0.767. The molecule has 0 aliphatic carbocycles. The Labute approximate surface area is 254 Å². The number of aromatic hydroxyl groups is 1. The van der Waals surface area contributed by atoms with Gasteiger partial charge in [-0.05, 0) is 59.8 Å². The first-order valence-electron chi connectivity index (χ1n) is 14.5. The average Bonchev–Trinajstić information content (AvgIpc) is 3.43. The number of benzene rings is 3. The molecule has 0 aromatic heterocycles. The number of fused-ring (bicyclic) bond motifs is 1. The number of nitrogens with zero attached hydrogens (tertiary/aromatic N) is 1. The van der Waals surface area contributed by atoms with Crippen molar-refractivity contribution < 1.29 is 19.5 Å². The number of carbonyl (C=O) groups excluding carboxylic acids is 3. The highest BCUT2D eigenvalue weighted by molar-refractivity contribution is 5.93. The molecule has 0 bridgehead atoms. The smallest absolute Gasteiger partial charge is 0.243 e. The number of amides is 3. The SMILES string of the molecule is CC(C)(C)C(=O)N1CCC[C@H]1C(=O)N[C@H](Cc1ccc2ccccc2c1)C(=O)NCCCNCc1cccc(O)c1.Cl. The molecule has 3 amide bonds. The van der Waals surface area contributed by atoms with Crippen LogP contribution in [0.5, 0.6) is 5.75 Å². The van der Waals surface area contributed by atoms with Gasteiger partial charge in [0, 0.05) is 31.5 Å². The molecule has 0 unspecified atom stereocenters. The Kier molecular flexibility index (Phi) is 11.8. The molecular formula is C33H43ClN4O4. The minimum Gasteiger partial charge on any atom is -0.508 e. The van der Waals surface area contributed by atoms with Crippen molar-refractivity contribution in [3.63, 3.8) is 0 Å². The zero-order valence-corrected chi connectivity index (χ0v) is 25.5. The van der Waals surface area contributed by atoms with Gasteiger partial charge in [0.05, 0.1) is 0 Å². The molecule has 0 radical (unpaired) electrons. The number of hydrogen-bond donors (Lipinski definition) is 4. The van der Waals surface area contributed by atoms with E-state index in [4.69, 9.17) is 0 Å². The van der Waals surface area contributed by atoms with Crippen molar-refractivity contribution in [2.75, 3.05) is 19.6 Å². The van der Waals surface area contributed by atoms with E-state index in [9.17, 15) is 19.5 Å². The summed E-state index contributed by atoms with van der Waals surface area (Å²) in [6.07, 6.45) is 2.40. The molecule has 226 valence electrons. The standard InChI is InChI=1S/C33H42N4O4.ClH/c1-33(2,3)32(41)37-18-7-13-29(37)31(40)36-28(21-23-14-15-25-10-4-5-11-26(25)19-23)30(39)35-17-8-16-34-22-24-9-6-12-27(38)20-24;/h4-6,9-12,14-15,19-20,28-29,34,38H,7-8,13,16-18,21-22H2,1-3H3,(H,35,39)(H,36,40);1H/t28-,29+;/m1./s1. The van der Waals surface area contributed by atoms with E-state index in [0.29, 0.717) is 45.4 Å². The van der Waals surface area contributed by atoms with Crippen LogP contribution >= 0.6 is 12.4 Å². The van der Waals surface area contributed by atoms with E-state index in [1.807, 2.05) is 63.2 Å². The van der Waals surface area contributed by atoms with Gasteiger partial charge < -0.3 is 26.0 Å². The fraction of sp³-hybridized carbons (Fsp3) is 0.424. The molecule has 8 nitrogen and oxygen atoms in total. The Hall–Kier alpha value is -3.62. The molecule has 1 aliphatic heterocycles. The Morgan fingerprint density at radius 2 is 1.71 bits per heavy atom. The predicted octanol–water partition coefficient (Wildman–Crippen LogP) is 4.33. The Morgan fingerprint density at radius 3 is 2.45 bits per heavy atom. The van der Waals surface area contributed by atoms with Crippen LogP contribution in [0, 0.1) is 5.41 Å². The van der Waals surface area contributed by atoms with Gasteiger partial charge in [-0.2, -0.15) is 0 Å². The van der Waals surface area contributed by atoms with E-state index >= 15 is 0 Å². The van der Waals surface area contributed by atoms with E-state index in [-0.39, 0.29) is 35.9 Å². The van der Waals surface area contributed by atoms with Gasteiger partial charge in [0.15, 0.2) is 0 Å². The van der Waals surface area contributed by atoms with Gasteiger partial charge in [-0.1, -0.05) is 75.4 Å². The van der Waals surface area contributed by atoms with Gasteiger partial charge in [-0.25, -0.2) is 0 Å². The fourth-order valence-corrected chi connectivity index (χ4v) is 5.24. The van der Waals surface area contributed by atoms with Crippen molar-refractivity contribution in [3.05, 3.63) is 77.9 Å². The molecule has 3 aromatic rings. The fourth-order valence-electron chi connectivity index (χ4n) is 5.24. The van der Waals surface area contributed by atoms with E-state index < -0.39 is 17.5 Å². The van der Waals surface area contributed by atoms with Crippen LogP contribution in [0.1, 0.15) is 51.2 Å². The molecule has 0 spiro atoms. The van der Waals surface area contributed by atoms with Crippen LogP contribution in [0.4, 0.5) is 0 Å². The Morgan fingerprint density at radius 1 is 0.952 bits per heavy atom. The van der Waals surface area contributed by atoms with Gasteiger partial charge in [-0.15, -0.1) is 12.4 Å². The summed E-state index contributed by atoms with van der Waals surface area (Å²) in [7, 11) is 0. The van der Waals surface area contributed by atoms with Crippen molar-refractivity contribution in [3.8, 4) is 5.75 Å². The highest BCUT2D eigenvalue weighted by Gasteiger charge is 2.39. The molecular weight excluding hydrogens is 552 g/mol.